The minimum absolute atomic E-state index is 0.0300. The van der Waals surface area contributed by atoms with Gasteiger partial charge in [0.2, 0.25) is 0 Å². The smallest absolute Gasteiger partial charge is 0.189 e. The van der Waals surface area contributed by atoms with Crippen LogP contribution in [0.4, 0.5) is 0 Å². The first-order valence-corrected chi connectivity index (χ1v) is 11.6. The molecular formula is C30H36O4. The number of allylic oxidation sites excluding steroid dienone is 7. The number of hydrogen-bond acceptors (Lipinski definition) is 4. The van der Waals surface area contributed by atoms with Crippen molar-refractivity contribution >= 4 is 11.9 Å². The van der Waals surface area contributed by atoms with E-state index < -0.39 is 0 Å². The fourth-order valence-corrected chi connectivity index (χ4v) is 3.44. The minimum Gasteiger partial charge on any atom is -0.508 e. The van der Waals surface area contributed by atoms with Gasteiger partial charge in [0.25, 0.3) is 0 Å². The maximum Gasteiger partial charge on any atom is 0.189 e. The zero-order valence-corrected chi connectivity index (χ0v) is 20.9. The fourth-order valence-electron chi connectivity index (χ4n) is 3.44. The number of carbonyl (C=O) groups excluding carboxylic acids is 1. The molecule has 4 nitrogen and oxygen atoms in total. The highest BCUT2D eigenvalue weighted by Gasteiger charge is 2.19. The second kappa shape index (κ2) is 12.6. The number of hydrogen-bond donors (Lipinski definition) is 3. The van der Waals surface area contributed by atoms with Crippen molar-refractivity contribution in [2.75, 3.05) is 0 Å². The molecule has 0 atom stereocenters. The van der Waals surface area contributed by atoms with Gasteiger partial charge in [-0.2, -0.15) is 0 Å². The molecule has 34 heavy (non-hydrogen) atoms. The summed E-state index contributed by atoms with van der Waals surface area (Å²) in [5, 5.41) is 31.2. The number of phenolic OH excluding ortho intramolecular Hbond substituents is 3. The van der Waals surface area contributed by atoms with Crippen LogP contribution in [0.15, 0.2) is 71.4 Å². The van der Waals surface area contributed by atoms with Crippen LogP contribution in [-0.4, -0.2) is 21.1 Å². The van der Waals surface area contributed by atoms with Crippen molar-refractivity contribution in [3.05, 3.63) is 93.6 Å². The summed E-state index contributed by atoms with van der Waals surface area (Å²) in [6.45, 7) is 10.1. The van der Waals surface area contributed by atoms with E-state index in [2.05, 4.69) is 32.9 Å². The van der Waals surface area contributed by atoms with Gasteiger partial charge < -0.3 is 15.3 Å². The first-order valence-electron chi connectivity index (χ1n) is 11.6. The van der Waals surface area contributed by atoms with E-state index in [1.54, 1.807) is 36.4 Å². The lowest BCUT2D eigenvalue weighted by Gasteiger charge is -2.14. The molecule has 0 bridgehead atoms. The standard InChI is InChI=1S/C30H36O4/c1-20(2)7-6-8-22(5)10-14-24-19-27(30(34)26(29(24)33)17-9-21(3)4)28(32)18-13-23-11-15-25(31)16-12-23/h7,9-13,15-16,18-19,31,33-34H,6,8,14,17H2,1-5H3/b18-13+,22-10-. The van der Waals surface area contributed by atoms with Crippen molar-refractivity contribution < 1.29 is 20.1 Å². The molecule has 4 heteroatoms. The Morgan fingerprint density at radius 1 is 0.824 bits per heavy atom. The summed E-state index contributed by atoms with van der Waals surface area (Å²) in [5.74, 6) is -0.363. The zero-order chi connectivity index (χ0) is 25.3. The van der Waals surface area contributed by atoms with Crippen LogP contribution in [-0.2, 0) is 12.8 Å². The molecule has 0 saturated heterocycles. The van der Waals surface area contributed by atoms with Crippen molar-refractivity contribution in [1.82, 2.24) is 0 Å². The van der Waals surface area contributed by atoms with Gasteiger partial charge in [0.1, 0.15) is 17.2 Å². The van der Waals surface area contributed by atoms with Crippen LogP contribution in [0.3, 0.4) is 0 Å². The van der Waals surface area contributed by atoms with Crippen LogP contribution in [0, 0.1) is 0 Å². The van der Waals surface area contributed by atoms with Crippen LogP contribution >= 0.6 is 0 Å². The Kier molecular flexibility index (Phi) is 9.93. The molecule has 0 heterocycles. The Hall–Kier alpha value is -3.53. The molecule has 0 saturated carbocycles. The summed E-state index contributed by atoms with van der Waals surface area (Å²) < 4.78 is 0. The lowest BCUT2D eigenvalue weighted by Crippen LogP contribution is -2.02. The highest BCUT2D eigenvalue weighted by molar-refractivity contribution is 6.09. The summed E-state index contributed by atoms with van der Waals surface area (Å²) in [5.41, 5.74) is 5.43. The average Bonchev–Trinajstić information content (AvgIpc) is 2.77. The summed E-state index contributed by atoms with van der Waals surface area (Å²) in [6.07, 6.45) is 11.9. The quantitative estimate of drug-likeness (QED) is 0.195. The second-order valence-electron chi connectivity index (χ2n) is 9.11. The van der Waals surface area contributed by atoms with Crippen molar-refractivity contribution in [3.8, 4) is 17.2 Å². The molecule has 0 unspecified atom stereocenters. The van der Waals surface area contributed by atoms with E-state index >= 15 is 0 Å². The van der Waals surface area contributed by atoms with E-state index in [-0.39, 0.29) is 28.6 Å². The molecule has 0 fully saturated rings. The van der Waals surface area contributed by atoms with Crippen molar-refractivity contribution in [2.24, 2.45) is 0 Å². The van der Waals surface area contributed by atoms with Gasteiger partial charge in [0, 0.05) is 5.56 Å². The first-order chi connectivity index (χ1) is 16.1. The maximum atomic E-state index is 13.0. The number of aromatic hydroxyl groups is 3. The minimum atomic E-state index is -0.352. The van der Waals surface area contributed by atoms with Gasteiger partial charge in [-0.3, -0.25) is 4.79 Å². The molecule has 0 radical (unpaired) electrons. The summed E-state index contributed by atoms with van der Waals surface area (Å²) >= 11 is 0. The average molecular weight is 461 g/mol. The maximum absolute atomic E-state index is 13.0. The third-order valence-corrected chi connectivity index (χ3v) is 5.51. The van der Waals surface area contributed by atoms with E-state index in [1.807, 2.05) is 19.9 Å². The van der Waals surface area contributed by atoms with E-state index in [1.165, 1.54) is 17.2 Å². The van der Waals surface area contributed by atoms with Gasteiger partial charge in [-0.25, -0.2) is 0 Å². The summed E-state index contributed by atoms with van der Waals surface area (Å²) in [7, 11) is 0. The molecule has 2 aromatic rings. The Morgan fingerprint density at radius 2 is 1.47 bits per heavy atom. The molecule has 0 aromatic heterocycles. The number of ketones is 1. The highest BCUT2D eigenvalue weighted by Crippen LogP contribution is 2.36. The van der Waals surface area contributed by atoms with Gasteiger partial charge in [-0.15, -0.1) is 0 Å². The molecule has 2 aromatic carbocycles. The van der Waals surface area contributed by atoms with Gasteiger partial charge in [0.15, 0.2) is 5.78 Å². The normalized spacial score (nSPS) is 11.5. The van der Waals surface area contributed by atoms with Gasteiger partial charge in [0.05, 0.1) is 5.56 Å². The summed E-state index contributed by atoms with van der Waals surface area (Å²) in [6, 6.07) is 8.07. The lowest BCUT2D eigenvalue weighted by atomic mass is 9.94. The fraction of sp³-hybridized carbons (Fsp3) is 0.300. The third-order valence-electron chi connectivity index (χ3n) is 5.51. The first kappa shape index (κ1) is 26.7. The Balaban J connectivity index is 2.39. The number of rotatable bonds is 10. The van der Waals surface area contributed by atoms with Crippen molar-refractivity contribution in [2.45, 2.75) is 60.3 Å². The molecule has 0 aliphatic carbocycles. The van der Waals surface area contributed by atoms with Crippen molar-refractivity contribution in [1.29, 1.82) is 0 Å². The van der Waals surface area contributed by atoms with Gasteiger partial charge >= 0.3 is 0 Å². The van der Waals surface area contributed by atoms with E-state index in [4.69, 9.17) is 0 Å². The van der Waals surface area contributed by atoms with Crippen LogP contribution in [0.2, 0.25) is 0 Å². The number of phenols is 3. The predicted molar refractivity (Wildman–Crippen MR) is 141 cm³/mol. The van der Waals surface area contributed by atoms with Crippen LogP contribution in [0.5, 0.6) is 17.2 Å². The van der Waals surface area contributed by atoms with Gasteiger partial charge in [-0.1, -0.05) is 53.2 Å². The van der Waals surface area contributed by atoms with Crippen LogP contribution in [0.25, 0.3) is 6.08 Å². The topological polar surface area (TPSA) is 77.8 Å². The SMILES string of the molecule is CC(C)=CCC/C(C)=C\Cc1cc(C(=O)/C=C/c2ccc(O)cc2)c(O)c(CC=C(C)C)c1O. The van der Waals surface area contributed by atoms with Crippen LogP contribution in [0.1, 0.15) is 74.5 Å². The third kappa shape index (κ3) is 8.11. The Labute approximate surface area is 203 Å². The predicted octanol–water partition coefficient (Wildman–Crippen LogP) is 7.44. The monoisotopic (exact) mass is 460 g/mol. The molecule has 0 spiro atoms. The number of carbonyl (C=O) groups is 1. The summed E-state index contributed by atoms with van der Waals surface area (Å²) in [4.78, 5) is 13.0. The Bertz CT molecular complexity index is 1120. The molecular weight excluding hydrogens is 424 g/mol. The lowest BCUT2D eigenvalue weighted by molar-refractivity contribution is 0.104. The Morgan fingerprint density at radius 3 is 2.09 bits per heavy atom. The van der Waals surface area contributed by atoms with E-state index in [0.29, 0.717) is 24.0 Å². The van der Waals surface area contributed by atoms with E-state index in [0.717, 1.165) is 24.0 Å². The van der Waals surface area contributed by atoms with Crippen LogP contribution < -0.4 is 0 Å². The van der Waals surface area contributed by atoms with E-state index in [9.17, 15) is 20.1 Å². The molecule has 2 rings (SSSR count). The molecule has 0 aliphatic heterocycles. The second-order valence-corrected chi connectivity index (χ2v) is 9.11. The molecule has 0 amide bonds. The zero-order valence-electron chi connectivity index (χ0n) is 20.9. The molecule has 3 N–H and O–H groups in total. The van der Waals surface area contributed by atoms with Gasteiger partial charge in [-0.05, 0) is 95.7 Å². The number of benzene rings is 2. The molecule has 180 valence electrons. The largest absolute Gasteiger partial charge is 0.508 e. The molecule has 0 aliphatic rings. The van der Waals surface area contributed by atoms with Crippen molar-refractivity contribution in [3.63, 3.8) is 0 Å². The highest BCUT2D eigenvalue weighted by atomic mass is 16.3.